The number of carbonyl (C=O) groups excluding carboxylic acids is 1. The summed E-state index contributed by atoms with van der Waals surface area (Å²) in [4.78, 5) is 11.7. The highest BCUT2D eigenvalue weighted by Crippen LogP contribution is 2.16. The van der Waals surface area contributed by atoms with Gasteiger partial charge in [-0.1, -0.05) is 18.2 Å². The zero-order valence-electron chi connectivity index (χ0n) is 9.80. The molecule has 94 valence electrons. The van der Waals surface area contributed by atoms with Gasteiger partial charge in [0.1, 0.15) is 5.75 Å². The van der Waals surface area contributed by atoms with Crippen molar-refractivity contribution in [2.75, 3.05) is 12.8 Å². The van der Waals surface area contributed by atoms with Crippen LogP contribution in [0.4, 0.5) is 5.82 Å². The lowest BCUT2D eigenvalue weighted by Crippen LogP contribution is -2.24. The summed E-state index contributed by atoms with van der Waals surface area (Å²) in [5.41, 5.74) is 6.43. The highest BCUT2D eigenvalue weighted by atomic mass is 16.5. The minimum atomic E-state index is -0.382. The number of nitrogens with zero attached hydrogens (tertiary/aromatic N) is 2. The average molecular weight is 247 g/mol. The Kier molecular flexibility index (Phi) is 3.42. The molecule has 0 fully saturated rings. The molecule has 1 aromatic carbocycles. The van der Waals surface area contributed by atoms with Crippen LogP contribution in [-0.4, -0.2) is 28.4 Å². The molecule has 0 bridgehead atoms. The molecule has 1 aromatic heterocycles. The van der Waals surface area contributed by atoms with E-state index in [0.717, 1.165) is 5.56 Å². The van der Waals surface area contributed by atoms with Gasteiger partial charge in [-0.3, -0.25) is 4.79 Å². The number of rotatable bonds is 4. The number of nitrogens with one attached hydrogen (secondary N) is 2. The number of hydrogen-bond acceptors (Lipinski definition) is 5. The number of aromatic amines is 1. The van der Waals surface area contributed by atoms with E-state index in [1.165, 1.54) is 0 Å². The first-order valence-corrected chi connectivity index (χ1v) is 5.28. The fourth-order valence-electron chi connectivity index (χ4n) is 1.51. The predicted molar refractivity (Wildman–Crippen MR) is 65.0 cm³/mol. The van der Waals surface area contributed by atoms with E-state index in [1.807, 2.05) is 24.3 Å². The largest absolute Gasteiger partial charge is 0.496 e. The second kappa shape index (κ2) is 5.17. The van der Waals surface area contributed by atoms with Gasteiger partial charge in [-0.25, -0.2) is 0 Å². The second-order valence-corrected chi connectivity index (χ2v) is 3.55. The summed E-state index contributed by atoms with van der Waals surface area (Å²) < 4.78 is 5.18. The molecule has 1 heterocycles. The third-order valence-corrected chi connectivity index (χ3v) is 2.42. The maximum Gasteiger partial charge on any atom is 0.275 e. The molecule has 0 aliphatic carbocycles. The number of para-hydroxylation sites is 1. The van der Waals surface area contributed by atoms with Crippen molar-refractivity contribution in [3.8, 4) is 5.75 Å². The van der Waals surface area contributed by atoms with Gasteiger partial charge in [0.25, 0.3) is 5.91 Å². The summed E-state index contributed by atoms with van der Waals surface area (Å²) in [5, 5.41) is 12.2. The summed E-state index contributed by atoms with van der Waals surface area (Å²) in [6.07, 6.45) is 0. The van der Waals surface area contributed by atoms with Crippen LogP contribution in [0.2, 0.25) is 0 Å². The van der Waals surface area contributed by atoms with E-state index in [0.29, 0.717) is 12.3 Å². The SMILES string of the molecule is COc1ccccc1CNC(=O)c1n[nH]nc1N. The molecule has 18 heavy (non-hydrogen) atoms. The van der Waals surface area contributed by atoms with E-state index >= 15 is 0 Å². The smallest absolute Gasteiger partial charge is 0.275 e. The van der Waals surface area contributed by atoms with E-state index in [9.17, 15) is 4.79 Å². The van der Waals surface area contributed by atoms with Crippen LogP contribution < -0.4 is 15.8 Å². The van der Waals surface area contributed by atoms with Crippen molar-refractivity contribution in [1.29, 1.82) is 0 Å². The van der Waals surface area contributed by atoms with Crippen molar-refractivity contribution in [2.45, 2.75) is 6.54 Å². The minimum Gasteiger partial charge on any atom is -0.496 e. The molecule has 0 radical (unpaired) electrons. The summed E-state index contributed by atoms with van der Waals surface area (Å²) in [5.74, 6) is 0.408. The molecule has 0 saturated heterocycles. The molecule has 7 nitrogen and oxygen atoms in total. The number of benzene rings is 1. The fraction of sp³-hybridized carbons (Fsp3) is 0.182. The second-order valence-electron chi connectivity index (χ2n) is 3.55. The first-order valence-electron chi connectivity index (χ1n) is 5.28. The number of methoxy groups -OCH3 is 1. The molecule has 4 N–H and O–H groups in total. The first kappa shape index (κ1) is 11.9. The highest BCUT2D eigenvalue weighted by molar-refractivity contribution is 5.96. The molecule has 0 aliphatic rings. The molecule has 2 rings (SSSR count). The van der Waals surface area contributed by atoms with Gasteiger partial charge in [0.2, 0.25) is 0 Å². The van der Waals surface area contributed by atoms with Gasteiger partial charge < -0.3 is 15.8 Å². The molecular formula is C11H13N5O2. The standard InChI is InChI=1S/C11H13N5O2/c1-18-8-5-3-2-4-7(8)6-13-11(17)9-10(12)15-16-14-9/h2-5H,6H2,1H3,(H,13,17)(H3,12,14,15,16). The van der Waals surface area contributed by atoms with Crippen molar-refractivity contribution < 1.29 is 9.53 Å². The van der Waals surface area contributed by atoms with Crippen molar-refractivity contribution >= 4 is 11.7 Å². The van der Waals surface area contributed by atoms with Crippen LogP contribution in [-0.2, 0) is 6.54 Å². The molecule has 7 heteroatoms. The highest BCUT2D eigenvalue weighted by Gasteiger charge is 2.14. The Labute approximate surface area is 103 Å². The number of H-pyrrole nitrogens is 1. The van der Waals surface area contributed by atoms with Gasteiger partial charge in [0, 0.05) is 12.1 Å². The predicted octanol–water partition coefficient (Wildman–Crippen LogP) is 0.325. The molecule has 0 spiro atoms. The molecule has 0 aliphatic heterocycles. The summed E-state index contributed by atoms with van der Waals surface area (Å²) in [7, 11) is 1.58. The maximum atomic E-state index is 11.7. The fourth-order valence-corrected chi connectivity index (χ4v) is 1.51. The first-order chi connectivity index (χ1) is 8.72. The average Bonchev–Trinajstić information content (AvgIpc) is 2.82. The van der Waals surface area contributed by atoms with Gasteiger partial charge in [0.15, 0.2) is 11.5 Å². The Bertz CT molecular complexity index is 552. The zero-order valence-corrected chi connectivity index (χ0v) is 9.80. The molecule has 1 amide bonds. The van der Waals surface area contributed by atoms with Crippen LogP contribution in [0.1, 0.15) is 16.1 Å². The summed E-state index contributed by atoms with van der Waals surface area (Å²) in [6.45, 7) is 0.329. The van der Waals surface area contributed by atoms with Crippen molar-refractivity contribution in [1.82, 2.24) is 20.7 Å². The molecular weight excluding hydrogens is 234 g/mol. The van der Waals surface area contributed by atoms with Crippen LogP contribution in [0.3, 0.4) is 0 Å². The van der Waals surface area contributed by atoms with Crippen LogP contribution in [0.25, 0.3) is 0 Å². The van der Waals surface area contributed by atoms with Crippen molar-refractivity contribution in [2.24, 2.45) is 0 Å². The molecule has 0 unspecified atom stereocenters. The molecule has 0 atom stereocenters. The topological polar surface area (TPSA) is 106 Å². The number of carbonyl (C=O) groups is 1. The Balaban J connectivity index is 2.04. The van der Waals surface area contributed by atoms with E-state index in [-0.39, 0.29) is 17.4 Å². The van der Waals surface area contributed by atoms with Gasteiger partial charge in [-0.05, 0) is 6.07 Å². The van der Waals surface area contributed by atoms with E-state index in [1.54, 1.807) is 7.11 Å². The summed E-state index contributed by atoms with van der Waals surface area (Å²) in [6, 6.07) is 7.42. The number of hydrogen-bond donors (Lipinski definition) is 3. The lowest BCUT2D eigenvalue weighted by molar-refractivity contribution is 0.0946. The van der Waals surface area contributed by atoms with Gasteiger partial charge in [0.05, 0.1) is 7.11 Å². The van der Waals surface area contributed by atoms with E-state index in [4.69, 9.17) is 10.5 Å². The van der Waals surface area contributed by atoms with Crippen molar-refractivity contribution in [3.63, 3.8) is 0 Å². The van der Waals surface area contributed by atoms with E-state index in [2.05, 4.69) is 20.7 Å². The third-order valence-electron chi connectivity index (χ3n) is 2.42. The number of ether oxygens (including phenoxy) is 1. The van der Waals surface area contributed by atoms with Gasteiger partial charge in [-0.15, -0.1) is 10.2 Å². The van der Waals surface area contributed by atoms with Crippen LogP contribution in [0, 0.1) is 0 Å². The number of nitrogens with two attached hydrogens (primary N) is 1. The maximum absolute atomic E-state index is 11.7. The lowest BCUT2D eigenvalue weighted by Gasteiger charge is -2.08. The monoisotopic (exact) mass is 247 g/mol. The van der Waals surface area contributed by atoms with Gasteiger partial charge >= 0.3 is 0 Å². The zero-order chi connectivity index (χ0) is 13.0. The Morgan fingerprint density at radius 1 is 1.44 bits per heavy atom. The van der Waals surface area contributed by atoms with Crippen LogP contribution in [0.15, 0.2) is 24.3 Å². The lowest BCUT2D eigenvalue weighted by atomic mass is 10.2. The number of anilines is 1. The van der Waals surface area contributed by atoms with Gasteiger partial charge in [-0.2, -0.15) is 5.21 Å². The quantitative estimate of drug-likeness (QED) is 0.721. The molecule has 0 saturated carbocycles. The Hall–Kier alpha value is -2.57. The minimum absolute atomic E-state index is 0.0764. The summed E-state index contributed by atoms with van der Waals surface area (Å²) >= 11 is 0. The number of aromatic nitrogens is 3. The van der Waals surface area contributed by atoms with E-state index < -0.39 is 0 Å². The number of amides is 1. The molecule has 2 aromatic rings. The Morgan fingerprint density at radius 2 is 2.22 bits per heavy atom. The van der Waals surface area contributed by atoms with Crippen LogP contribution in [0.5, 0.6) is 5.75 Å². The normalized spacial score (nSPS) is 10.1. The number of nitrogen functional groups attached to an aromatic ring is 1. The third kappa shape index (κ3) is 2.40. The van der Waals surface area contributed by atoms with Crippen molar-refractivity contribution in [3.05, 3.63) is 35.5 Å². The van der Waals surface area contributed by atoms with Crippen LogP contribution >= 0.6 is 0 Å². The Morgan fingerprint density at radius 3 is 2.89 bits per heavy atom.